The quantitative estimate of drug-likeness (QED) is 0.128. The highest BCUT2D eigenvalue weighted by atomic mass is 19.4. The number of amides is 1. The summed E-state index contributed by atoms with van der Waals surface area (Å²) in [5, 5.41) is 22.8. The van der Waals surface area contributed by atoms with Gasteiger partial charge < -0.3 is 24.2 Å². The smallest absolute Gasteiger partial charge is 0.422 e. The van der Waals surface area contributed by atoms with Crippen LogP contribution in [-0.2, 0) is 32.9 Å². The lowest BCUT2D eigenvalue weighted by Gasteiger charge is -2.38. The average Bonchev–Trinajstić information content (AvgIpc) is 3.42. The maximum absolute atomic E-state index is 14.8. The monoisotopic (exact) mass is 652 g/mol. The number of benzene rings is 3. The number of nitrogens with zero attached hydrogens (tertiary/aromatic N) is 4. The van der Waals surface area contributed by atoms with Gasteiger partial charge in [0.15, 0.2) is 5.60 Å². The second-order valence-corrected chi connectivity index (χ2v) is 11.5. The van der Waals surface area contributed by atoms with Crippen molar-refractivity contribution in [1.82, 2.24) is 9.47 Å². The van der Waals surface area contributed by atoms with Crippen LogP contribution in [0.1, 0.15) is 36.5 Å². The summed E-state index contributed by atoms with van der Waals surface area (Å²) < 4.78 is 50.7. The average molecular weight is 653 g/mol. The zero-order valence-corrected chi connectivity index (χ0v) is 25.8. The van der Waals surface area contributed by atoms with Crippen molar-refractivity contribution in [2.45, 2.75) is 44.5 Å². The molecule has 1 amide bonds. The molecule has 1 aliphatic heterocycles. The molecule has 5 rings (SSSR count). The molecule has 0 radical (unpaired) electrons. The predicted molar refractivity (Wildman–Crippen MR) is 169 cm³/mol. The Labute approximate surface area is 269 Å². The van der Waals surface area contributed by atoms with E-state index >= 15 is 0 Å². The van der Waals surface area contributed by atoms with Gasteiger partial charge in [0.25, 0.3) is 5.69 Å². The molecular weight excluding hydrogens is 617 g/mol. The fourth-order valence-electron chi connectivity index (χ4n) is 5.88. The van der Waals surface area contributed by atoms with Crippen LogP contribution in [0.5, 0.6) is 0 Å². The van der Waals surface area contributed by atoms with Gasteiger partial charge >= 0.3 is 12.1 Å². The minimum absolute atomic E-state index is 0.0327. The van der Waals surface area contributed by atoms with Crippen molar-refractivity contribution in [3.05, 3.63) is 106 Å². The van der Waals surface area contributed by atoms with E-state index in [9.17, 15) is 38.0 Å². The van der Waals surface area contributed by atoms with Gasteiger partial charge in [0.2, 0.25) is 5.91 Å². The molecule has 0 bridgehead atoms. The standard InChI is InChI=1S/C34H35F3N4O6/c1-2-47-32(43)15-10-24-8-11-26(12-9-24)38-16-18-39(19-17-38)31(42)21-33(44,34(35,36)37)29-23-40(22-25-6-4-3-5-7-25)30-20-27(41(45)46)13-14-28(29)30/h3-9,11-14,20,23,44H,2,10,15-19,21-22H2,1H3. The number of piperazine rings is 1. The van der Waals surface area contributed by atoms with Crippen molar-refractivity contribution in [3.63, 3.8) is 0 Å². The Morgan fingerprint density at radius 2 is 1.64 bits per heavy atom. The van der Waals surface area contributed by atoms with Gasteiger partial charge in [0.1, 0.15) is 0 Å². The van der Waals surface area contributed by atoms with Crippen LogP contribution in [0.2, 0.25) is 0 Å². The lowest BCUT2D eigenvalue weighted by Crippen LogP contribution is -2.52. The van der Waals surface area contributed by atoms with Gasteiger partial charge in [-0.05, 0) is 42.7 Å². The second-order valence-electron chi connectivity index (χ2n) is 11.5. The molecule has 0 aliphatic carbocycles. The Morgan fingerprint density at radius 3 is 2.26 bits per heavy atom. The number of anilines is 1. The highest BCUT2D eigenvalue weighted by Crippen LogP contribution is 2.46. The number of aliphatic hydroxyl groups is 1. The summed E-state index contributed by atoms with van der Waals surface area (Å²) in [5.74, 6) is -1.12. The largest absolute Gasteiger partial charge is 0.466 e. The number of nitro benzene ring substituents is 1. The molecule has 0 saturated carbocycles. The number of fused-ring (bicyclic) bond motifs is 1. The number of aromatic nitrogens is 1. The molecule has 3 aromatic carbocycles. The molecule has 1 unspecified atom stereocenters. The van der Waals surface area contributed by atoms with E-state index in [1.807, 2.05) is 29.2 Å². The highest BCUT2D eigenvalue weighted by Gasteiger charge is 2.57. The summed E-state index contributed by atoms with van der Waals surface area (Å²) >= 11 is 0. The van der Waals surface area contributed by atoms with Crippen LogP contribution in [0.15, 0.2) is 79.0 Å². The molecule has 2 heterocycles. The third kappa shape index (κ3) is 7.40. The van der Waals surface area contributed by atoms with Gasteiger partial charge in [-0.15, -0.1) is 0 Å². The number of nitro groups is 1. The normalized spacial score (nSPS) is 15.0. The first-order valence-corrected chi connectivity index (χ1v) is 15.3. The number of hydrogen-bond acceptors (Lipinski definition) is 7. The van der Waals surface area contributed by atoms with Gasteiger partial charge in [0, 0.05) is 74.1 Å². The van der Waals surface area contributed by atoms with Crippen LogP contribution in [0.4, 0.5) is 24.5 Å². The van der Waals surface area contributed by atoms with Gasteiger partial charge in [-0.3, -0.25) is 19.7 Å². The molecule has 10 nitrogen and oxygen atoms in total. The topological polar surface area (TPSA) is 118 Å². The number of alkyl halides is 3. The first-order chi connectivity index (χ1) is 22.4. The number of esters is 1. The van der Waals surface area contributed by atoms with Gasteiger partial charge in [-0.2, -0.15) is 13.2 Å². The maximum Gasteiger partial charge on any atom is 0.422 e. The number of carbonyl (C=O) groups excluding carboxylic acids is 2. The van der Waals surface area contributed by atoms with Crippen molar-refractivity contribution in [2.24, 2.45) is 0 Å². The van der Waals surface area contributed by atoms with E-state index in [0.717, 1.165) is 29.1 Å². The molecule has 1 aliphatic rings. The van der Waals surface area contributed by atoms with Crippen molar-refractivity contribution in [1.29, 1.82) is 0 Å². The number of aryl methyl sites for hydroxylation is 1. The molecule has 1 N–H and O–H groups in total. The zero-order chi connectivity index (χ0) is 33.8. The maximum atomic E-state index is 14.8. The molecule has 4 aromatic rings. The van der Waals surface area contributed by atoms with Gasteiger partial charge in [0.05, 0.1) is 23.5 Å². The van der Waals surface area contributed by atoms with Crippen LogP contribution in [0.25, 0.3) is 10.9 Å². The molecule has 1 saturated heterocycles. The van der Waals surface area contributed by atoms with Gasteiger partial charge in [-0.1, -0.05) is 42.5 Å². The lowest BCUT2D eigenvalue weighted by molar-refractivity contribution is -0.384. The van der Waals surface area contributed by atoms with E-state index < -0.39 is 34.6 Å². The van der Waals surface area contributed by atoms with Crippen LogP contribution in [-0.4, -0.2) is 70.3 Å². The summed E-state index contributed by atoms with van der Waals surface area (Å²) in [6, 6.07) is 19.9. The first-order valence-electron chi connectivity index (χ1n) is 15.3. The summed E-state index contributed by atoms with van der Waals surface area (Å²) in [5.41, 5.74) is -1.69. The van der Waals surface area contributed by atoms with Crippen molar-refractivity contribution in [3.8, 4) is 0 Å². The molecule has 248 valence electrons. The fraction of sp³-hybridized carbons (Fsp3) is 0.353. The number of ether oxygens (including phenoxy) is 1. The minimum Gasteiger partial charge on any atom is -0.466 e. The van der Waals surface area contributed by atoms with Crippen LogP contribution in [0, 0.1) is 10.1 Å². The number of halogens is 3. The van der Waals surface area contributed by atoms with E-state index in [1.165, 1.54) is 21.6 Å². The SMILES string of the molecule is CCOC(=O)CCc1ccc(N2CCN(C(=O)CC(O)(c3cn(Cc4ccccc4)c4cc([N+](=O)[O-])ccc34)C(F)(F)F)CC2)cc1. The summed E-state index contributed by atoms with van der Waals surface area (Å²) in [4.78, 5) is 39.2. The predicted octanol–water partition coefficient (Wildman–Crippen LogP) is 5.58. The molecule has 0 spiro atoms. The van der Waals surface area contributed by atoms with Gasteiger partial charge in [-0.25, -0.2) is 0 Å². The molecule has 1 atom stereocenters. The van der Waals surface area contributed by atoms with Crippen LogP contribution in [0.3, 0.4) is 0 Å². The van der Waals surface area contributed by atoms with E-state index in [-0.39, 0.29) is 48.6 Å². The molecule has 13 heteroatoms. The van der Waals surface area contributed by atoms with E-state index in [1.54, 1.807) is 37.3 Å². The fourth-order valence-corrected chi connectivity index (χ4v) is 5.88. The third-order valence-corrected chi connectivity index (χ3v) is 8.45. The summed E-state index contributed by atoms with van der Waals surface area (Å²) in [7, 11) is 0. The zero-order valence-electron chi connectivity index (χ0n) is 25.8. The number of hydrogen-bond donors (Lipinski definition) is 1. The van der Waals surface area contributed by atoms with E-state index in [2.05, 4.69) is 0 Å². The Bertz CT molecular complexity index is 1730. The minimum atomic E-state index is -5.23. The first kappa shape index (κ1) is 33.5. The molecule has 47 heavy (non-hydrogen) atoms. The third-order valence-electron chi connectivity index (χ3n) is 8.45. The molecular formula is C34H35F3N4O6. The van der Waals surface area contributed by atoms with E-state index in [4.69, 9.17) is 4.74 Å². The molecule has 1 aromatic heterocycles. The highest BCUT2D eigenvalue weighted by molar-refractivity contribution is 5.88. The lowest BCUT2D eigenvalue weighted by atomic mass is 9.88. The number of non-ortho nitro benzene ring substituents is 1. The van der Waals surface area contributed by atoms with Crippen molar-refractivity contribution < 1.29 is 37.5 Å². The van der Waals surface area contributed by atoms with Crippen LogP contribution < -0.4 is 4.90 Å². The van der Waals surface area contributed by atoms with Crippen molar-refractivity contribution in [2.75, 3.05) is 37.7 Å². The Kier molecular flexibility index (Phi) is 9.85. The summed E-state index contributed by atoms with van der Waals surface area (Å²) in [6.45, 7) is 3.22. The van der Waals surface area contributed by atoms with Crippen LogP contribution >= 0.6 is 0 Å². The van der Waals surface area contributed by atoms with Crippen molar-refractivity contribution >= 4 is 34.2 Å². The Hall–Kier alpha value is -4.91. The summed E-state index contributed by atoms with van der Waals surface area (Å²) in [6.07, 6.45) is -4.53. The number of carbonyl (C=O) groups is 2. The van der Waals surface area contributed by atoms with E-state index in [0.29, 0.717) is 26.1 Å². The number of rotatable bonds is 11. The Morgan fingerprint density at radius 1 is 0.957 bits per heavy atom. The Balaban J connectivity index is 1.33. The molecule has 1 fully saturated rings. The second kappa shape index (κ2) is 13.8.